The van der Waals surface area contributed by atoms with Crippen molar-refractivity contribution >= 4 is 34.3 Å². The van der Waals surface area contributed by atoms with Crippen LogP contribution in [0.25, 0.3) is 0 Å². The van der Waals surface area contributed by atoms with Crippen LogP contribution in [0.2, 0.25) is 0 Å². The molecular formula is C9H9ClN2S2. The average molecular weight is 245 g/mol. The van der Waals surface area contributed by atoms with Crippen LogP contribution in [0.4, 0.5) is 0 Å². The Hall–Kier alpha value is -0.450. The van der Waals surface area contributed by atoms with Crippen molar-refractivity contribution in [2.75, 3.05) is 5.88 Å². The standard InChI is InChI=1S/C9H9ClN2S2/c10-3-1-8-11-12-9(14-8)5-7-2-4-13-6-7/h2,4,6H,1,3,5H2. The van der Waals surface area contributed by atoms with E-state index in [-0.39, 0.29) is 0 Å². The predicted molar refractivity (Wildman–Crippen MR) is 61.5 cm³/mol. The lowest BCUT2D eigenvalue weighted by atomic mass is 10.3. The lowest BCUT2D eigenvalue weighted by molar-refractivity contribution is 0.949. The highest BCUT2D eigenvalue weighted by atomic mass is 35.5. The molecule has 2 nitrogen and oxygen atoms in total. The van der Waals surface area contributed by atoms with Crippen LogP contribution in [0.15, 0.2) is 16.8 Å². The first-order chi connectivity index (χ1) is 6.88. The van der Waals surface area contributed by atoms with Gasteiger partial charge < -0.3 is 0 Å². The Morgan fingerprint density at radius 3 is 2.86 bits per heavy atom. The molecule has 0 saturated heterocycles. The highest BCUT2D eigenvalue weighted by Crippen LogP contribution is 2.16. The molecule has 0 amide bonds. The fraction of sp³-hybridized carbons (Fsp3) is 0.333. The van der Waals surface area contributed by atoms with Gasteiger partial charge in [-0.05, 0) is 22.4 Å². The molecule has 0 radical (unpaired) electrons. The number of aromatic nitrogens is 2. The van der Waals surface area contributed by atoms with Gasteiger partial charge >= 0.3 is 0 Å². The van der Waals surface area contributed by atoms with Gasteiger partial charge in [0.1, 0.15) is 10.0 Å². The number of nitrogens with zero attached hydrogens (tertiary/aromatic N) is 2. The Kier molecular flexibility index (Phi) is 3.50. The summed E-state index contributed by atoms with van der Waals surface area (Å²) < 4.78 is 0. The van der Waals surface area contributed by atoms with Gasteiger partial charge in [0, 0.05) is 18.7 Å². The fourth-order valence-electron chi connectivity index (χ4n) is 1.11. The zero-order valence-corrected chi connectivity index (χ0v) is 9.83. The maximum atomic E-state index is 5.63. The van der Waals surface area contributed by atoms with E-state index in [9.17, 15) is 0 Å². The van der Waals surface area contributed by atoms with Crippen LogP contribution in [0, 0.1) is 0 Å². The molecule has 2 heterocycles. The van der Waals surface area contributed by atoms with E-state index in [0.717, 1.165) is 22.9 Å². The molecule has 0 N–H and O–H groups in total. The Labute approximate surface area is 95.6 Å². The molecule has 2 aromatic heterocycles. The molecule has 0 bridgehead atoms. The SMILES string of the molecule is ClCCc1nnc(Cc2ccsc2)s1. The second-order valence-electron chi connectivity index (χ2n) is 2.84. The Morgan fingerprint density at radius 2 is 2.14 bits per heavy atom. The summed E-state index contributed by atoms with van der Waals surface area (Å²) in [7, 11) is 0. The Morgan fingerprint density at radius 1 is 1.29 bits per heavy atom. The van der Waals surface area contributed by atoms with E-state index in [1.54, 1.807) is 22.7 Å². The first-order valence-corrected chi connectivity index (χ1v) is 6.56. The largest absolute Gasteiger partial charge is 0.152 e. The van der Waals surface area contributed by atoms with E-state index in [2.05, 4.69) is 27.0 Å². The molecule has 14 heavy (non-hydrogen) atoms. The van der Waals surface area contributed by atoms with E-state index in [1.807, 2.05) is 0 Å². The third-order valence-electron chi connectivity index (χ3n) is 1.75. The van der Waals surface area contributed by atoms with Crippen LogP contribution in [0.3, 0.4) is 0 Å². The number of alkyl halides is 1. The van der Waals surface area contributed by atoms with Gasteiger partial charge in [0.25, 0.3) is 0 Å². The third kappa shape index (κ3) is 2.53. The van der Waals surface area contributed by atoms with E-state index in [4.69, 9.17) is 11.6 Å². The second-order valence-corrected chi connectivity index (χ2v) is 5.14. The summed E-state index contributed by atoms with van der Waals surface area (Å²) in [5, 5.41) is 14.5. The maximum absolute atomic E-state index is 5.63. The molecule has 2 rings (SSSR count). The lowest BCUT2D eigenvalue weighted by Gasteiger charge is -1.88. The van der Waals surface area contributed by atoms with Crippen molar-refractivity contribution in [2.24, 2.45) is 0 Å². The number of aryl methyl sites for hydroxylation is 1. The van der Waals surface area contributed by atoms with Crippen molar-refractivity contribution in [1.29, 1.82) is 0 Å². The van der Waals surface area contributed by atoms with Gasteiger partial charge in [-0.15, -0.1) is 33.1 Å². The highest BCUT2D eigenvalue weighted by molar-refractivity contribution is 7.11. The minimum absolute atomic E-state index is 0.618. The highest BCUT2D eigenvalue weighted by Gasteiger charge is 2.04. The maximum Gasteiger partial charge on any atom is 0.121 e. The normalized spacial score (nSPS) is 10.6. The topological polar surface area (TPSA) is 25.8 Å². The predicted octanol–water partition coefficient (Wildman–Crippen LogP) is 2.97. The third-order valence-corrected chi connectivity index (χ3v) is 3.66. The molecular weight excluding hydrogens is 236 g/mol. The minimum atomic E-state index is 0.618. The quantitative estimate of drug-likeness (QED) is 0.773. The van der Waals surface area contributed by atoms with Crippen LogP contribution in [0.1, 0.15) is 15.6 Å². The first kappa shape index (κ1) is 10.1. The molecule has 0 aliphatic heterocycles. The van der Waals surface area contributed by atoms with Crippen molar-refractivity contribution in [1.82, 2.24) is 10.2 Å². The van der Waals surface area contributed by atoms with Gasteiger partial charge in [-0.1, -0.05) is 0 Å². The van der Waals surface area contributed by atoms with Gasteiger partial charge in [0.2, 0.25) is 0 Å². The van der Waals surface area contributed by atoms with Crippen LogP contribution in [0.5, 0.6) is 0 Å². The summed E-state index contributed by atoms with van der Waals surface area (Å²) in [6.07, 6.45) is 1.71. The molecule has 74 valence electrons. The lowest BCUT2D eigenvalue weighted by Crippen LogP contribution is -1.84. The molecule has 0 atom stereocenters. The summed E-state index contributed by atoms with van der Waals surface area (Å²) in [6, 6.07) is 2.12. The number of hydrogen-bond acceptors (Lipinski definition) is 4. The number of rotatable bonds is 4. The molecule has 0 unspecified atom stereocenters. The van der Waals surface area contributed by atoms with Gasteiger partial charge in [-0.25, -0.2) is 0 Å². The molecule has 2 aromatic rings. The van der Waals surface area contributed by atoms with Crippen LogP contribution < -0.4 is 0 Å². The first-order valence-electron chi connectivity index (χ1n) is 4.27. The monoisotopic (exact) mass is 244 g/mol. The van der Waals surface area contributed by atoms with Gasteiger partial charge in [0.05, 0.1) is 0 Å². The number of hydrogen-bond donors (Lipinski definition) is 0. The molecule has 0 aliphatic carbocycles. The van der Waals surface area contributed by atoms with Crippen molar-refractivity contribution < 1.29 is 0 Å². The van der Waals surface area contributed by atoms with E-state index in [1.165, 1.54) is 5.56 Å². The van der Waals surface area contributed by atoms with Crippen molar-refractivity contribution in [2.45, 2.75) is 12.8 Å². The summed E-state index contributed by atoms with van der Waals surface area (Å²) in [5.41, 5.74) is 1.31. The smallest absolute Gasteiger partial charge is 0.121 e. The summed E-state index contributed by atoms with van der Waals surface area (Å²) in [5.74, 6) is 0.618. The van der Waals surface area contributed by atoms with Crippen molar-refractivity contribution in [3.05, 3.63) is 32.4 Å². The minimum Gasteiger partial charge on any atom is -0.152 e. The van der Waals surface area contributed by atoms with E-state index >= 15 is 0 Å². The fourth-order valence-corrected chi connectivity index (χ4v) is 2.95. The average Bonchev–Trinajstić information content (AvgIpc) is 2.79. The molecule has 5 heteroatoms. The molecule has 0 spiro atoms. The zero-order chi connectivity index (χ0) is 9.80. The van der Waals surface area contributed by atoms with Crippen molar-refractivity contribution in [3.8, 4) is 0 Å². The summed E-state index contributed by atoms with van der Waals surface area (Å²) >= 11 is 8.99. The van der Waals surface area contributed by atoms with E-state index in [0.29, 0.717) is 5.88 Å². The molecule has 0 fully saturated rings. The van der Waals surface area contributed by atoms with E-state index < -0.39 is 0 Å². The summed E-state index contributed by atoms with van der Waals surface area (Å²) in [4.78, 5) is 0. The van der Waals surface area contributed by atoms with Crippen molar-refractivity contribution in [3.63, 3.8) is 0 Å². The second kappa shape index (κ2) is 4.87. The molecule has 0 aromatic carbocycles. The van der Waals surface area contributed by atoms with Gasteiger partial charge in [-0.2, -0.15) is 11.3 Å². The van der Waals surface area contributed by atoms with Crippen LogP contribution in [-0.4, -0.2) is 16.1 Å². The zero-order valence-electron chi connectivity index (χ0n) is 7.44. The number of thiophene rings is 1. The number of halogens is 1. The Bertz CT molecular complexity index is 383. The Balaban J connectivity index is 2.03. The van der Waals surface area contributed by atoms with Crippen LogP contribution in [-0.2, 0) is 12.8 Å². The molecule has 0 saturated carbocycles. The van der Waals surface area contributed by atoms with Crippen LogP contribution >= 0.6 is 34.3 Å². The van der Waals surface area contributed by atoms with Gasteiger partial charge in [0.15, 0.2) is 0 Å². The van der Waals surface area contributed by atoms with Gasteiger partial charge in [-0.3, -0.25) is 0 Å². The summed E-state index contributed by atoms with van der Waals surface area (Å²) in [6.45, 7) is 0. The molecule has 0 aliphatic rings.